The topological polar surface area (TPSA) is 57.6 Å². The van der Waals surface area contributed by atoms with Crippen molar-refractivity contribution in [3.63, 3.8) is 0 Å². The minimum absolute atomic E-state index is 0.120. The SMILES string of the molecule is Cc1sc(CO)cc1S(=O)(=O)N1CCc2sccc2C1C. The van der Waals surface area contributed by atoms with Gasteiger partial charge in [-0.15, -0.1) is 22.7 Å². The van der Waals surface area contributed by atoms with Crippen molar-refractivity contribution < 1.29 is 13.5 Å². The third kappa shape index (κ3) is 2.47. The molecular weight excluding hydrogens is 326 g/mol. The van der Waals surface area contributed by atoms with E-state index in [0.29, 0.717) is 16.3 Å². The van der Waals surface area contributed by atoms with Crippen molar-refractivity contribution >= 4 is 32.7 Å². The van der Waals surface area contributed by atoms with Gasteiger partial charge >= 0.3 is 0 Å². The van der Waals surface area contributed by atoms with E-state index < -0.39 is 10.0 Å². The summed E-state index contributed by atoms with van der Waals surface area (Å²) in [6, 6.07) is 3.49. The van der Waals surface area contributed by atoms with Gasteiger partial charge in [0.05, 0.1) is 11.5 Å². The first kappa shape index (κ1) is 15.2. The molecule has 1 N–H and O–H groups in total. The largest absolute Gasteiger partial charge is 0.391 e. The number of sulfonamides is 1. The molecule has 0 spiro atoms. The van der Waals surface area contributed by atoms with Crippen molar-refractivity contribution in [2.24, 2.45) is 0 Å². The highest BCUT2D eigenvalue weighted by Gasteiger charge is 2.35. The molecule has 0 aliphatic carbocycles. The van der Waals surface area contributed by atoms with Crippen LogP contribution in [-0.4, -0.2) is 24.4 Å². The van der Waals surface area contributed by atoms with Gasteiger partial charge in [0.2, 0.25) is 10.0 Å². The van der Waals surface area contributed by atoms with Gasteiger partial charge in [-0.3, -0.25) is 0 Å². The predicted octanol–water partition coefficient (Wildman–Crippen LogP) is 2.92. The molecule has 1 atom stereocenters. The quantitative estimate of drug-likeness (QED) is 0.932. The molecule has 0 amide bonds. The molecule has 1 unspecified atom stereocenters. The summed E-state index contributed by atoms with van der Waals surface area (Å²) in [5, 5.41) is 11.2. The summed E-state index contributed by atoms with van der Waals surface area (Å²) in [4.78, 5) is 3.04. The lowest BCUT2D eigenvalue weighted by molar-refractivity contribution is 0.285. The number of fused-ring (bicyclic) bond motifs is 1. The van der Waals surface area contributed by atoms with Gasteiger partial charge in [0.1, 0.15) is 0 Å². The van der Waals surface area contributed by atoms with E-state index in [4.69, 9.17) is 0 Å². The number of rotatable bonds is 3. The van der Waals surface area contributed by atoms with Crippen molar-refractivity contribution in [2.75, 3.05) is 6.54 Å². The number of hydrogen-bond acceptors (Lipinski definition) is 5. The molecule has 114 valence electrons. The van der Waals surface area contributed by atoms with Crippen LogP contribution >= 0.6 is 22.7 Å². The zero-order valence-electron chi connectivity index (χ0n) is 11.9. The van der Waals surface area contributed by atoms with Crippen LogP contribution in [0.3, 0.4) is 0 Å². The van der Waals surface area contributed by atoms with E-state index in [1.54, 1.807) is 28.6 Å². The maximum Gasteiger partial charge on any atom is 0.244 e. The Balaban J connectivity index is 2.01. The van der Waals surface area contributed by atoms with Crippen molar-refractivity contribution in [2.45, 2.75) is 37.8 Å². The number of nitrogens with zero attached hydrogens (tertiary/aromatic N) is 1. The second kappa shape index (κ2) is 5.48. The highest BCUT2D eigenvalue weighted by molar-refractivity contribution is 7.89. The number of hydrogen-bond donors (Lipinski definition) is 1. The summed E-state index contributed by atoms with van der Waals surface area (Å²) in [7, 11) is -3.51. The Morgan fingerprint density at radius 1 is 1.48 bits per heavy atom. The van der Waals surface area contributed by atoms with Gasteiger partial charge in [0.25, 0.3) is 0 Å². The second-order valence-electron chi connectivity index (χ2n) is 5.13. The highest BCUT2D eigenvalue weighted by atomic mass is 32.2. The Morgan fingerprint density at radius 2 is 2.24 bits per heavy atom. The maximum absolute atomic E-state index is 12.9. The van der Waals surface area contributed by atoms with E-state index in [9.17, 15) is 13.5 Å². The van der Waals surface area contributed by atoms with Crippen molar-refractivity contribution in [1.82, 2.24) is 4.31 Å². The molecule has 3 rings (SSSR count). The Morgan fingerprint density at radius 3 is 2.90 bits per heavy atom. The van der Waals surface area contributed by atoms with Crippen LogP contribution in [0.4, 0.5) is 0 Å². The smallest absolute Gasteiger partial charge is 0.244 e. The van der Waals surface area contributed by atoms with E-state index in [2.05, 4.69) is 0 Å². The van der Waals surface area contributed by atoms with Gasteiger partial charge in [0.15, 0.2) is 0 Å². The second-order valence-corrected chi connectivity index (χ2v) is 9.33. The third-order valence-corrected chi connectivity index (χ3v) is 8.14. The monoisotopic (exact) mass is 343 g/mol. The molecule has 1 aliphatic heterocycles. The lowest BCUT2D eigenvalue weighted by Gasteiger charge is -2.32. The van der Waals surface area contributed by atoms with Crippen LogP contribution in [0.2, 0.25) is 0 Å². The average Bonchev–Trinajstić information content (AvgIpc) is 3.05. The molecule has 0 saturated carbocycles. The molecule has 7 heteroatoms. The van der Waals surface area contributed by atoms with Crippen molar-refractivity contribution in [3.05, 3.63) is 37.7 Å². The van der Waals surface area contributed by atoms with E-state index in [0.717, 1.165) is 16.9 Å². The summed E-state index contributed by atoms with van der Waals surface area (Å²) < 4.78 is 27.4. The molecular formula is C14H17NO3S3. The van der Waals surface area contributed by atoms with E-state index in [1.165, 1.54) is 16.2 Å². The molecule has 0 fully saturated rings. The highest BCUT2D eigenvalue weighted by Crippen LogP contribution is 2.38. The fourth-order valence-corrected chi connectivity index (χ4v) is 6.84. The third-order valence-electron chi connectivity index (χ3n) is 3.89. The first-order valence-electron chi connectivity index (χ1n) is 6.73. The average molecular weight is 343 g/mol. The molecule has 2 aromatic rings. The van der Waals surface area contributed by atoms with Crippen LogP contribution in [-0.2, 0) is 23.1 Å². The van der Waals surface area contributed by atoms with Crippen LogP contribution < -0.4 is 0 Å². The number of aliphatic hydroxyl groups excluding tert-OH is 1. The zero-order valence-corrected chi connectivity index (χ0v) is 14.3. The van der Waals surface area contributed by atoms with Gasteiger partial charge < -0.3 is 5.11 Å². The molecule has 0 saturated heterocycles. The number of thiophene rings is 2. The minimum Gasteiger partial charge on any atom is -0.391 e. The Hall–Kier alpha value is -0.730. The summed E-state index contributed by atoms with van der Waals surface area (Å²) in [6.45, 7) is 4.13. The summed E-state index contributed by atoms with van der Waals surface area (Å²) in [6.07, 6.45) is 0.770. The van der Waals surface area contributed by atoms with Crippen LogP contribution in [0.25, 0.3) is 0 Å². The molecule has 0 radical (unpaired) electrons. The maximum atomic E-state index is 12.9. The fourth-order valence-electron chi connectivity index (χ4n) is 2.80. The zero-order chi connectivity index (χ0) is 15.2. The van der Waals surface area contributed by atoms with Crippen molar-refractivity contribution in [3.8, 4) is 0 Å². The van der Waals surface area contributed by atoms with E-state index >= 15 is 0 Å². The van der Waals surface area contributed by atoms with Gasteiger partial charge in [-0.05, 0) is 43.3 Å². The molecule has 4 nitrogen and oxygen atoms in total. The van der Waals surface area contributed by atoms with Crippen LogP contribution in [0.5, 0.6) is 0 Å². The van der Waals surface area contributed by atoms with Gasteiger partial charge in [-0.2, -0.15) is 4.31 Å². The number of aryl methyl sites for hydroxylation is 1. The molecule has 1 aliphatic rings. The minimum atomic E-state index is -3.51. The standard InChI is InChI=1S/C14H17NO3S3/c1-9-12-4-6-19-13(12)3-5-15(9)21(17,18)14-7-11(8-16)20-10(14)2/h4,6-7,9,16H,3,5,8H2,1-2H3. The van der Waals surface area contributed by atoms with Gasteiger partial charge in [-0.25, -0.2) is 8.42 Å². The molecule has 2 aromatic heterocycles. The first-order chi connectivity index (χ1) is 9.95. The molecule has 3 heterocycles. The number of aliphatic hydroxyl groups is 1. The Labute approximate surface area is 132 Å². The molecule has 0 aromatic carbocycles. The lowest BCUT2D eigenvalue weighted by atomic mass is 10.0. The molecule has 0 bridgehead atoms. The normalized spacial score (nSPS) is 19.7. The summed E-state index contributed by atoms with van der Waals surface area (Å²) >= 11 is 3.04. The van der Waals surface area contributed by atoms with E-state index in [-0.39, 0.29) is 12.6 Å². The lowest BCUT2D eigenvalue weighted by Crippen LogP contribution is -2.38. The summed E-state index contributed by atoms with van der Waals surface area (Å²) in [5.41, 5.74) is 1.12. The fraction of sp³-hybridized carbons (Fsp3) is 0.429. The summed E-state index contributed by atoms with van der Waals surface area (Å²) in [5.74, 6) is 0. The molecule has 21 heavy (non-hydrogen) atoms. The van der Waals surface area contributed by atoms with Crippen LogP contribution in [0.1, 0.15) is 33.2 Å². The van der Waals surface area contributed by atoms with Gasteiger partial charge in [-0.1, -0.05) is 0 Å². The van der Waals surface area contributed by atoms with Gasteiger partial charge in [0, 0.05) is 27.2 Å². The van der Waals surface area contributed by atoms with Crippen LogP contribution in [0, 0.1) is 6.92 Å². The van der Waals surface area contributed by atoms with Crippen LogP contribution in [0.15, 0.2) is 22.4 Å². The van der Waals surface area contributed by atoms with E-state index in [1.807, 2.05) is 18.4 Å². The Bertz CT molecular complexity index is 760. The predicted molar refractivity (Wildman–Crippen MR) is 85.3 cm³/mol. The van der Waals surface area contributed by atoms with Crippen molar-refractivity contribution in [1.29, 1.82) is 0 Å². The first-order valence-corrected chi connectivity index (χ1v) is 9.87. The Kier molecular flexibility index (Phi) is 3.96.